The first-order valence-corrected chi connectivity index (χ1v) is 7.56. The zero-order valence-electron chi connectivity index (χ0n) is 11.3. The number of aliphatic hydroxyl groups excluding tert-OH is 1. The summed E-state index contributed by atoms with van der Waals surface area (Å²) in [5, 5.41) is 16.1. The first kappa shape index (κ1) is 14.8. The molecule has 6 nitrogen and oxygen atoms in total. The van der Waals surface area contributed by atoms with Crippen LogP contribution in [-0.4, -0.2) is 45.8 Å². The number of carbonyl (C=O) groups excluding carboxylic acids is 1. The minimum absolute atomic E-state index is 0.150. The van der Waals surface area contributed by atoms with Crippen molar-refractivity contribution in [1.82, 2.24) is 15.5 Å². The Morgan fingerprint density at radius 3 is 3.15 bits per heavy atom. The normalized spacial score (nSPS) is 10.9. The van der Waals surface area contributed by atoms with Crippen LogP contribution in [0.15, 0.2) is 16.8 Å². The Bertz CT molecular complexity index is 585. The van der Waals surface area contributed by atoms with Crippen LogP contribution in [0.4, 0.5) is 0 Å². The van der Waals surface area contributed by atoms with Crippen molar-refractivity contribution in [2.45, 2.75) is 13.3 Å². The average Bonchev–Trinajstić information content (AvgIpc) is 2.83. The lowest BCUT2D eigenvalue weighted by Gasteiger charge is -2.04. The molecule has 108 valence electrons. The summed E-state index contributed by atoms with van der Waals surface area (Å²) in [6.45, 7) is 2.62. The molecule has 0 atom stereocenters. The SMILES string of the molecule is Cc1noc2ncc(C(=O)NCCSCCCO)cc12. The molecule has 0 spiro atoms. The Morgan fingerprint density at radius 2 is 2.35 bits per heavy atom. The van der Waals surface area contributed by atoms with Crippen LogP contribution in [0.2, 0.25) is 0 Å². The molecule has 0 aliphatic rings. The number of rotatable bonds is 7. The van der Waals surface area contributed by atoms with Gasteiger partial charge in [-0.3, -0.25) is 4.79 Å². The van der Waals surface area contributed by atoms with Gasteiger partial charge in [0.15, 0.2) is 0 Å². The second-order valence-electron chi connectivity index (χ2n) is 4.29. The second-order valence-corrected chi connectivity index (χ2v) is 5.51. The molecule has 2 N–H and O–H groups in total. The smallest absolute Gasteiger partial charge is 0.257 e. The molecule has 1 amide bonds. The molecule has 0 saturated heterocycles. The number of aryl methyl sites for hydroxylation is 1. The summed E-state index contributed by atoms with van der Waals surface area (Å²) < 4.78 is 5.00. The third-order valence-electron chi connectivity index (χ3n) is 2.75. The predicted molar refractivity (Wildman–Crippen MR) is 77.9 cm³/mol. The molecule has 2 aromatic rings. The van der Waals surface area contributed by atoms with Gasteiger partial charge in [-0.2, -0.15) is 11.8 Å². The fraction of sp³-hybridized carbons (Fsp3) is 0.462. The van der Waals surface area contributed by atoms with Crippen molar-refractivity contribution < 1.29 is 14.4 Å². The van der Waals surface area contributed by atoms with Gasteiger partial charge < -0.3 is 14.9 Å². The van der Waals surface area contributed by atoms with Gasteiger partial charge in [0.1, 0.15) is 0 Å². The summed E-state index contributed by atoms with van der Waals surface area (Å²) in [6.07, 6.45) is 2.27. The molecule has 0 aliphatic heterocycles. The van der Waals surface area contributed by atoms with Crippen LogP contribution in [0.1, 0.15) is 22.5 Å². The van der Waals surface area contributed by atoms with E-state index in [0.717, 1.165) is 29.0 Å². The number of fused-ring (bicyclic) bond motifs is 1. The summed E-state index contributed by atoms with van der Waals surface area (Å²) in [6, 6.07) is 1.74. The van der Waals surface area contributed by atoms with E-state index in [1.807, 2.05) is 6.92 Å². The molecule has 0 saturated carbocycles. The van der Waals surface area contributed by atoms with E-state index in [1.54, 1.807) is 17.8 Å². The summed E-state index contributed by atoms with van der Waals surface area (Å²) in [5.41, 5.74) is 1.67. The van der Waals surface area contributed by atoms with E-state index in [0.29, 0.717) is 17.8 Å². The minimum Gasteiger partial charge on any atom is -0.396 e. The number of hydrogen-bond acceptors (Lipinski definition) is 6. The van der Waals surface area contributed by atoms with Crippen molar-refractivity contribution in [3.8, 4) is 0 Å². The predicted octanol–water partition coefficient (Wildman–Crippen LogP) is 1.38. The van der Waals surface area contributed by atoms with Gasteiger partial charge in [-0.25, -0.2) is 4.98 Å². The second kappa shape index (κ2) is 7.25. The van der Waals surface area contributed by atoms with Gasteiger partial charge in [-0.05, 0) is 25.2 Å². The highest BCUT2D eigenvalue weighted by atomic mass is 32.2. The number of nitrogens with zero attached hydrogens (tertiary/aromatic N) is 2. The fourth-order valence-electron chi connectivity index (χ4n) is 1.68. The standard InChI is InChI=1S/C13H17N3O3S/c1-9-11-7-10(8-15-13(11)19-16-9)12(18)14-3-6-20-5-2-4-17/h7-8,17H,2-6H2,1H3,(H,14,18). The number of aliphatic hydroxyl groups is 1. The van der Waals surface area contributed by atoms with Crippen LogP contribution in [0.25, 0.3) is 11.1 Å². The average molecular weight is 295 g/mol. The van der Waals surface area contributed by atoms with Crippen LogP contribution in [0.3, 0.4) is 0 Å². The van der Waals surface area contributed by atoms with E-state index in [4.69, 9.17) is 9.63 Å². The molecule has 7 heteroatoms. The van der Waals surface area contributed by atoms with E-state index >= 15 is 0 Å². The molecule has 0 aliphatic carbocycles. The number of aromatic nitrogens is 2. The Hall–Kier alpha value is -1.60. The third kappa shape index (κ3) is 3.71. The molecule has 20 heavy (non-hydrogen) atoms. The van der Waals surface area contributed by atoms with Gasteiger partial charge >= 0.3 is 0 Å². The van der Waals surface area contributed by atoms with Gasteiger partial charge in [0.25, 0.3) is 11.6 Å². The highest BCUT2D eigenvalue weighted by Gasteiger charge is 2.10. The maximum atomic E-state index is 12.0. The molecule has 0 unspecified atom stereocenters. The summed E-state index contributed by atoms with van der Waals surface area (Å²) >= 11 is 1.71. The number of amides is 1. The molecule has 0 bridgehead atoms. The number of pyridine rings is 1. The molecule has 2 aromatic heterocycles. The molecule has 2 rings (SSSR count). The lowest BCUT2D eigenvalue weighted by molar-refractivity contribution is 0.0956. The number of nitrogens with one attached hydrogen (secondary N) is 1. The Balaban J connectivity index is 1.86. The Morgan fingerprint density at radius 1 is 1.50 bits per heavy atom. The maximum Gasteiger partial charge on any atom is 0.257 e. The molecular formula is C13H17N3O3S. The topological polar surface area (TPSA) is 88.2 Å². The van der Waals surface area contributed by atoms with Crippen LogP contribution in [0, 0.1) is 6.92 Å². The van der Waals surface area contributed by atoms with Crippen molar-refractivity contribution in [2.75, 3.05) is 24.7 Å². The third-order valence-corrected chi connectivity index (χ3v) is 3.82. The van der Waals surface area contributed by atoms with Gasteiger partial charge in [0.05, 0.1) is 16.6 Å². The minimum atomic E-state index is -0.150. The quantitative estimate of drug-likeness (QED) is 0.750. The molecule has 0 aromatic carbocycles. The van der Waals surface area contributed by atoms with E-state index in [2.05, 4.69) is 15.5 Å². The monoisotopic (exact) mass is 295 g/mol. The van der Waals surface area contributed by atoms with Crippen LogP contribution < -0.4 is 5.32 Å². The lowest BCUT2D eigenvalue weighted by Crippen LogP contribution is -2.25. The van der Waals surface area contributed by atoms with E-state index in [1.165, 1.54) is 6.20 Å². The lowest BCUT2D eigenvalue weighted by atomic mass is 10.2. The van der Waals surface area contributed by atoms with E-state index in [9.17, 15) is 4.79 Å². The van der Waals surface area contributed by atoms with Crippen molar-refractivity contribution in [3.63, 3.8) is 0 Å². The van der Waals surface area contributed by atoms with E-state index in [-0.39, 0.29) is 12.5 Å². The highest BCUT2D eigenvalue weighted by molar-refractivity contribution is 7.99. The molecule has 0 radical (unpaired) electrons. The van der Waals surface area contributed by atoms with Gasteiger partial charge in [0.2, 0.25) is 0 Å². The molecule has 0 fully saturated rings. The first-order chi connectivity index (χ1) is 9.72. The van der Waals surface area contributed by atoms with Gasteiger partial charge in [-0.15, -0.1) is 0 Å². The Kier molecular flexibility index (Phi) is 5.37. The Labute approximate surface area is 120 Å². The van der Waals surface area contributed by atoms with Crippen LogP contribution >= 0.6 is 11.8 Å². The number of hydrogen-bond donors (Lipinski definition) is 2. The van der Waals surface area contributed by atoms with Gasteiger partial charge in [-0.1, -0.05) is 5.16 Å². The zero-order valence-corrected chi connectivity index (χ0v) is 12.1. The zero-order chi connectivity index (χ0) is 14.4. The van der Waals surface area contributed by atoms with Gasteiger partial charge in [0, 0.05) is 25.1 Å². The number of carbonyl (C=O) groups is 1. The van der Waals surface area contributed by atoms with Crippen LogP contribution in [-0.2, 0) is 0 Å². The van der Waals surface area contributed by atoms with Crippen molar-refractivity contribution in [2.24, 2.45) is 0 Å². The highest BCUT2D eigenvalue weighted by Crippen LogP contribution is 2.16. The van der Waals surface area contributed by atoms with Crippen molar-refractivity contribution in [3.05, 3.63) is 23.5 Å². The van der Waals surface area contributed by atoms with Crippen molar-refractivity contribution in [1.29, 1.82) is 0 Å². The maximum absolute atomic E-state index is 12.0. The first-order valence-electron chi connectivity index (χ1n) is 6.41. The van der Waals surface area contributed by atoms with Crippen molar-refractivity contribution >= 4 is 28.8 Å². The molecule has 2 heterocycles. The fourth-order valence-corrected chi connectivity index (χ4v) is 2.46. The summed E-state index contributed by atoms with van der Waals surface area (Å²) in [5.74, 6) is 1.58. The van der Waals surface area contributed by atoms with Crippen LogP contribution in [0.5, 0.6) is 0 Å². The number of thioether (sulfide) groups is 1. The van der Waals surface area contributed by atoms with E-state index < -0.39 is 0 Å². The molecular weight excluding hydrogens is 278 g/mol. The summed E-state index contributed by atoms with van der Waals surface area (Å²) in [4.78, 5) is 16.0. The largest absolute Gasteiger partial charge is 0.396 e. The summed E-state index contributed by atoms with van der Waals surface area (Å²) in [7, 11) is 0.